The summed E-state index contributed by atoms with van der Waals surface area (Å²) >= 11 is 0. The van der Waals surface area contributed by atoms with Gasteiger partial charge in [-0.05, 0) is 50.7 Å². The summed E-state index contributed by atoms with van der Waals surface area (Å²) in [4.78, 5) is 22.2. The van der Waals surface area contributed by atoms with Gasteiger partial charge >= 0.3 is 6.18 Å². The fourth-order valence-electron chi connectivity index (χ4n) is 4.04. The third-order valence-corrected chi connectivity index (χ3v) is 5.42. The number of amides is 1. The zero-order valence-corrected chi connectivity index (χ0v) is 17.2. The van der Waals surface area contributed by atoms with Crippen molar-refractivity contribution >= 4 is 22.5 Å². The van der Waals surface area contributed by atoms with Crippen LogP contribution in [0.4, 0.5) is 18.9 Å². The number of pyridine rings is 1. The smallest absolute Gasteiger partial charge is 0.369 e. The fraction of sp³-hybridized carbons (Fsp3) is 0.524. The van der Waals surface area contributed by atoms with Crippen molar-refractivity contribution in [1.82, 2.24) is 14.8 Å². The van der Waals surface area contributed by atoms with Crippen LogP contribution in [0.15, 0.2) is 30.5 Å². The Kier molecular flexibility index (Phi) is 6.03. The van der Waals surface area contributed by atoms with Gasteiger partial charge in [0.25, 0.3) is 0 Å². The highest BCUT2D eigenvalue weighted by atomic mass is 19.4. The first-order valence-corrected chi connectivity index (χ1v) is 9.68. The van der Waals surface area contributed by atoms with Crippen LogP contribution in [0, 0.1) is 5.92 Å². The van der Waals surface area contributed by atoms with Crippen LogP contribution < -0.4 is 4.90 Å². The Hall–Kier alpha value is -2.35. The number of anilines is 1. The number of nitrogens with zero attached hydrogens (tertiary/aromatic N) is 4. The maximum atomic E-state index is 13.4. The number of halogens is 3. The number of carbonyl (C=O) groups excluding carboxylic acids is 1. The Labute approximate surface area is 169 Å². The number of rotatable bonds is 4. The SMILES string of the molecule is C[C@H]1C[C@@H](N(C)C(=O)CN(C)C)CN(c2ccc(C(F)(F)F)c3ncccc23)C1. The van der Waals surface area contributed by atoms with Crippen LogP contribution >= 0.6 is 0 Å². The van der Waals surface area contributed by atoms with Crippen molar-refractivity contribution in [2.75, 3.05) is 45.7 Å². The molecule has 0 aliphatic carbocycles. The summed E-state index contributed by atoms with van der Waals surface area (Å²) in [5.41, 5.74) is -0.0350. The number of aromatic nitrogens is 1. The molecule has 2 heterocycles. The number of piperidine rings is 1. The molecule has 0 N–H and O–H groups in total. The van der Waals surface area contributed by atoms with Gasteiger partial charge in [-0.25, -0.2) is 0 Å². The van der Waals surface area contributed by atoms with Gasteiger partial charge in [-0.1, -0.05) is 6.92 Å². The molecule has 1 aromatic heterocycles. The monoisotopic (exact) mass is 408 g/mol. The van der Waals surface area contributed by atoms with Gasteiger partial charge in [-0.15, -0.1) is 0 Å². The van der Waals surface area contributed by atoms with Crippen LogP contribution in [0.5, 0.6) is 0 Å². The van der Waals surface area contributed by atoms with Crippen LogP contribution in [-0.2, 0) is 11.0 Å². The maximum absolute atomic E-state index is 13.4. The quantitative estimate of drug-likeness (QED) is 0.777. The van der Waals surface area contributed by atoms with Crippen LogP contribution in [0.3, 0.4) is 0 Å². The van der Waals surface area contributed by atoms with Gasteiger partial charge in [-0.2, -0.15) is 13.2 Å². The zero-order valence-electron chi connectivity index (χ0n) is 17.2. The number of hydrogen-bond acceptors (Lipinski definition) is 4. The summed E-state index contributed by atoms with van der Waals surface area (Å²) in [6.07, 6.45) is -2.21. The Morgan fingerprint density at radius 1 is 1.21 bits per heavy atom. The van der Waals surface area contributed by atoms with E-state index in [9.17, 15) is 18.0 Å². The van der Waals surface area contributed by atoms with Crippen molar-refractivity contribution in [2.24, 2.45) is 5.92 Å². The van der Waals surface area contributed by atoms with Gasteiger partial charge in [0.05, 0.1) is 17.6 Å². The molecule has 29 heavy (non-hydrogen) atoms. The first-order valence-electron chi connectivity index (χ1n) is 9.68. The van der Waals surface area contributed by atoms with Crippen LogP contribution in [0.25, 0.3) is 10.9 Å². The first kappa shape index (κ1) is 21.4. The average molecular weight is 408 g/mol. The van der Waals surface area contributed by atoms with Crippen LogP contribution in [0.2, 0.25) is 0 Å². The van der Waals surface area contributed by atoms with Gasteiger partial charge in [-0.3, -0.25) is 9.78 Å². The molecule has 3 rings (SSSR count). The van der Waals surface area contributed by atoms with Gasteiger partial charge in [0.1, 0.15) is 0 Å². The minimum Gasteiger partial charge on any atom is -0.369 e. The van der Waals surface area contributed by atoms with E-state index in [1.807, 2.05) is 19.0 Å². The van der Waals surface area contributed by atoms with Crippen molar-refractivity contribution in [3.8, 4) is 0 Å². The van der Waals surface area contributed by atoms with E-state index in [0.717, 1.165) is 24.7 Å². The van der Waals surface area contributed by atoms with E-state index in [4.69, 9.17) is 0 Å². The number of alkyl halides is 3. The lowest BCUT2D eigenvalue weighted by Gasteiger charge is -2.42. The molecular formula is C21H27F3N4O. The number of carbonyl (C=O) groups is 1. The van der Waals surface area contributed by atoms with E-state index >= 15 is 0 Å². The van der Waals surface area contributed by atoms with E-state index in [1.54, 1.807) is 24.1 Å². The summed E-state index contributed by atoms with van der Waals surface area (Å²) in [7, 11) is 5.50. The summed E-state index contributed by atoms with van der Waals surface area (Å²) in [6, 6.07) is 5.98. The standard InChI is InChI=1S/C21H27F3N4O/c1-14-10-15(27(4)19(29)13-26(2)3)12-28(11-14)18-8-7-17(21(22,23)24)20-16(18)6-5-9-25-20/h5-9,14-15H,10-13H2,1-4H3/t14-,15+/m0/s1. The predicted octanol–water partition coefficient (Wildman–Crippen LogP) is 3.49. The van der Waals surface area contributed by atoms with Crippen molar-refractivity contribution < 1.29 is 18.0 Å². The van der Waals surface area contributed by atoms with E-state index in [-0.39, 0.29) is 17.5 Å². The molecule has 2 aromatic rings. The summed E-state index contributed by atoms with van der Waals surface area (Å²) in [6.45, 7) is 3.74. The predicted molar refractivity (Wildman–Crippen MR) is 108 cm³/mol. The number of fused-ring (bicyclic) bond motifs is 1. The molecule has 0 saturated carbocycles. The second-order valence-electron chi connectivity index (χ2n) is 8.17. The molecule has 0 radical (unpaired) electrons. The van der Waals surface area contributed by atoms with E-state index in [0.29, 0.717) is 24.4 Å². The van der Waals surface area contributed by atoms with Crippen LogP contribution in [-0.4, -0.2) is 67.5 Å². The molecule has 1 amide bonds. The normalized spacial score (nSPS) is 20.3. The Balaban J connectivity index is 1.94. The minimum atomic E-state index is -4.46. The van der Waals surface area contributed by atoms with Crippen molar-refractivity contribution in [1.29, 1.82) is 0 Å². The lowest BCUT2D eigenvalue weighted by molar-refractivity contribution is -0.136. The Bertz CT molecular complexity index is 884. The van der Waals surface area contributed by atoms with Gasteiger partial charge in [0, 0.05) is 43.4 Å². The average Bonchev–Trinajstić information content (AvgIpc) is 2.64. The number of likely N-dealkylation sites (N-methyl/N-ethyl adjacent to an activating group) is 2. The molecule has 0 unspecified atom stereocenters. The molecule has 0 bridgehead atoms. The second kappa shape index (κ2) is 8.18. The third-order valence-electron chi connectivity index (χ3n) is 5.42. The molecule has 2 atom stereocenters. The summed E-state index contributed by atoms with van der Waals surface area (Å²) in [5.74, 6) is 0.338. The molecule has 8 heteroatoms. The first-order chi connectivity index (χ1) is 13.6. The van der Waals surface area contributed by atoms with Crippen LogP contribution in [0.1, 0.15) is 18.9 Å². The minimum absolute atomic E-state index is 0.000198. The molecule has 1 aromatic carbocycles. The van der Waals surface area contributed by atoms with Crippen molar-refractivity contribution in [2.45, 2.75) is 25.6 Å². The fourth-order valence-corrected chi connectivity index (χ4v) is 4.04. The largest absolute Gasteiger partial charge is 0.418 e. The van der Waals surface area contributed by atoms with Gasteiger partial charge < -0.3 is 14.7 Å². The van der Waals surface area contributed by atoms with Gasteiger partial charge in [0.2, 0.25) is 5.91 Å². The second-order valence-corrected chi connectivity index (χ2v) is 8.17. The van der Waals surface area contributed by atoms with E-state index in [1.165, 1.54) is 12.3 Å². The lowest BCUT2D eigenvalue weighted by atomic mass is 9.93. The third kappa shape index (κ3) is 4.63. The highest BCUT2D eigenvalue weighted by molar-refractivity contribution is 5.94. The molecule has 1 aliphatic heterocycles. The van der Waals surface area contributed by atoms with Gasteiger partial charge in [0.15, 0.2) is 0 Å². The van der Waals surface area contributed by atoms with E-state index in [2.05, 4.69) is 16.8 Å². The highest BCUT2D eigenvalue weighted by Crippen LogP contribution is 2.38. The number of hydrogen-bond donors (Lipinski definition) is 0. The molecule has 1 saturated heterocycles. The lowest BCUT2D eigenvalue weighted by Crippen LogP contribution is -2.52. The summed E-state index contributed by atoms with van der Waals surface area (Å²) in [5, 5.41) is 0.484. The molecule has 5 nitrogen and oxygen atoms in total. The van der Waals surface area contributed by atoms with Crippen molar-refractivity contribution in [3.63, 3.8) is 0 Å². The zero-order chi connectivity index (χ0) is 21.3. The molecule has 1 aliphatic rings. The summed E-state index contributed by atoms with van der Waals surface area (Å²) < 4.78 is 40.2. The number of benzene rings is 1. The molecular weight excluding hydrogens is 381 g/mol. The highest BCUT2D eigenvalue weighted by Gasteiger charge is 2.35. The maximum Gasteiger partial charge on any atom is 0.418 e. The topological polar surface area (TPSA) is 39.7 Å². The Morgan fingerprint density at radius 2 is 1.93 bits per heavy atom. The van der Waals surface area contributed by atoms with E-state index < -0.39 is 11.7 Å². The molecule has 1 fully saturated rings. The molecule has 158 valence electrons. The Morgan fingerprint density at radius 3 is 2.59 bits per heavy atom. The van der Waals surface area contributed by atoms with Crippen molar-refractivity contribution in [3.05, 3.63) is 36.0 Å². The molecule has 0 spiro atoms.